The predicted molar refractivity (Wildman–Crippen MR) is 117 cm³/mol. The second-order valence-corrected chi connectivity index (χ2v) is 8.74. The number of hydrogen-bond donors (Lipinski definition) is 5. The maximum absolute atomic E-state index is 12.6. The lowest BCUT2D eigenvalue weighted by Crippen LogP contribution is -2.71. The van der Waals surface area contributed by atoms with Crippen molar-refractivity contribution in [3.05, 3.63) is 27.9 Å². The van der Waals surface area contributed by atoms with Gasteiger partial charge < -0.3 is 27.1 Å². The molecular formula is C15H16N8O5S3. The number of carbonyl (C=O) groups excluding carboxylic acids is 2. The van der Waals surface area contributed by atoms with Crippen LogP contribution in [0.3, 0.4) is 0 Å². The molecule has 0 spiro atoms. The minimum absolute atomic E-state index is 0.0721. The number of nitrogens with one attached hydrogen (secondary N) is 1. The number of nitrogens with two attached hydrogens (primary N) is 2. The summed E-state index contributed by atoms with van der Waals surface area (Å²) in [5.41, 5.74) is 9.98. The van der Waals surface area contributed by atoms with Crippen molar-refractivity contribution in [2.24, 2.45) is 15.9 Å². The molecule has 1 aromatic rings. The molecule has 7 N–H and O–H groups in total. The number of nitrogen functional groups attached to an aromatic ring is 1. The molecule has 3 heterocycles. The normalized spacial score (nSPS) is 21.5. The van der Waals surface area contributed by atoms with Gasteiger partial charge in [-0.25, -0.2) is 4.79 Å². The molecule has 0 saturated carbocycles. The third-order valence-corrected chi connectivity index (χ3v) is 6.97. The Kier molecular flexibility index (Phi) is 7.13. The average Bonchev–Trinajstić information content (AvgIpc) is 3.17. The van der Waals surface area contributed by atoms with E-state index in [4.69, 9.17) is 16.7 Å². The third kappa shape index (κ3) is 4.64. The first-order chi connectivity index (χ1) is 14.9. The van der Waals surface area contributed by atoms with Crippen LogP contribution in [0.25, 0.3) is 0 Å². The molecule has 2 aliphatic rings. The van der Waals surface area contributed by atoms with E-state index in [2.05, 4.69) is 24.8 Å². The lowest BCUT2D eigenvalue weighted by atomic mass is 10.0. The molecule has 0 aromatic carbocycles. The van der Waals surface area contributed by atoms with Crippen molar-refractivity contribution in [1.82, 2.24) is 19.6 Å². The van der Waals surface area contributed by atoms with Crippen LogP contribution in [0.1, 0.15) is 5.82 Å². The van der Waals surface area contributed by atoms with E-state index in [1.54, 1.807) is 11.5 Å². The molecule has 0 bridgehead atoms. The molecule has 16 heteroatoms. The summed E-state index contributed by atoms with van der Waals surface area (Å²) in [6, 6.07) is -0.999. The van der Waals surface area contributed by atoms with Crippen LogP contribution in [-0.4, -0.2) is 78.1 Å². The molecule has 2 atom stereocenters. The second-order valence-electron chi connectivity index (χ2n) is 5.85. The van der Waals surface area contributed by atoms with Crippen LogP contribution in [0.15, 0.2) is 32.2 Å². The van der Waals surface area contributed by atoms with Gasteiger partial charge in [0.15, 0.2) is 5.13 Å². The maximum atomic E-state index is 12.6. The van der Waals surface area contributed by atoms with E-state index in [9.17, 15) is 19.5 Å². The standard InChI is InChI=1S/C15H16N8O5S3/c16-5-18-2-1-3-29-6-4-30-13-8(12(25)23(13)9(6)14(26)27)19-11(24)7(21-28)10-20-15(17)31-22-10/h1,3,5,8,13,28H,2,4H2,(H2,16,18)(H,19,24)(H,26,27)(H2,17,20,22)/b3-1-,21-7-/t8?,13-/m1/s1. The molecule has 31 heavy (non-hydrogen) atoms. The van der Waals surface area contributed by atoms with Crippen molar-refractivity contribution in [2.45, 2.75) is 11.4 Å². The summed E-state index contributed by atoms with van der Waals surface area (Å²) in [5, 5.41) is 25.2. The number of amides is 2. The van der Waals surface area contributed by atoms with Crippen molar-refractivity contribution in [1.29, 1.82) is 0 Å². The number of hydrogen-bond acceptors (Lipinski definition) is 12. The summed E-state index contributed by atoms with van der Waals surface area (Å²) in [5.74, 6) is -2.59. The first-order valence-corrected chi connectivity index (χ1v) is 11.1. The molecule has 1 aromatic heterocycles. The Morgan fingerprint density at radius 3 is 2.84 bits per heavy atom. The Bertz CT molecular complexity index is 1020. The monoisotopic (exact) mass is 484 g/mol. The summed E-state index contributed by atoms with van der Waals surface area (Å²) in [4.78, 5) is 46.1. The van der Waals surface area contributed by atoms with Gasteiger partial charge in [0.2, 0.25) is 11.5 Å². The van der Waals surface area contributed by atoms with Crippen LogP contribution in [0.4, 0.5) is 5.13 Å². The van der Waals surface area contributed by atoms with Crippen LogP contribution in [-0.2, 0) is 14.4 Å². The lowest BCUT2D eigenvalue weighted by Gasteiger charge is -2.49. The first kappa shape index (κ1) is 22.6. The highest BCUT2D eigenvalue weighted by atomic mass is 32.2. The fourth-order valence-corrected chi connectivity index (χ4v) is 5.46. The molecule has 0 radical (unpaired) electrons. The molecule has 1 fully saturated rings. The predicted octanol–water partition coefficient (Wildman–Crippen LogP) is -0.771. The van der Waals surface area contributed by atoms with Gasteiger partial charge in [-0.3, -0.25) is 19.5 Å². The molecule has 2 amide bonds. The van der Waals surface area contributed by atoms with E-state index >= 15 is 0 Å². The van der Waals surface area contributed by atoms with Crippen molar-refractivity contribution >= 4 is 70.0 Å². The van der Waals surface area contributed by atoms with Crippen LogP contribution >= 0.6 is 35.1 Å². The van der Waals surface area contributed by atoms with Crippen molar-refractivity contribution in [3.63, 3.8) is 0 Å². The van der Waals surface area contributed by atoms with Crippen molar-refractivity contribution < 1.29 is 24.7 Å². The Morgan fingerprint density at radius 2 is 2.23 bits per heavy atom. The Balaban J connectivity index is 1.72. The van der Waals surface area contributed by atoms with Gasteiger partial charge in [0, 0.05) is 22.2 Å². The number of nitrogens with zero attached hydrogens (tertiary/aromatic N) is 5. The number of carboxylic acids is 1. The largest absolute Gasteiger partial charge is 0.477 e. The van der Waals surface area contributed by atoms with Gasteiger partial charge in [-0.05, 0) is 5.41 Å². The topological polar surface area (TPSA) is 209 Å². The molecule has 3 rings (SSSR count). The summed E-state index contributed by atoms with van der Waals surface area (Å²) in [6.45, 7) is 0.347. The third-order valence-electron chi connectivity index (χ3n) is 4.01. The maximum Gasteiger partial charge on any atom is 0.353 e. The van der Waals surface area contributed by atoms with Gasteiger partial charge in [-0.15, -0.1) is 11.8 Å². The highest BCUT2D eigenvalue weighted by molar-refractivity contribution is 8.08. The number of oxime groups is 1. The number of carbonyl (C=O) groups is 3. The molecule has 0 aliphatic carbocycles. The molecule has 1 saturated heterocycles. The zero-order chi connectivity index (χ0) is 22.5. The number of aliphatic carboxylic acids is 1. The van der Waals surface area contributed by atoms with Gasteiger partial charge in [0.1, 0.15) is 17.1 Å². The quantitative estimate of drug-likeness (QED) is 0.102. The molecule has 164 valence electrons. The summed E-state index contributed by atoms with van der Waals surface area (Å²) < 4.78 is 3.80. The lowest BCUT2D eigenvalue weighted by molar-refractivity contribution is -0.150. The van der Waals surface area contributed by atoms with Crippen LogP contribution in [0, 0.1) is 0 Å². The van der Waals surface area contributed by atoms with E-state index < -0.39 is 34.9 Å². The van der Waals surface area contributed by atoms with Crippen molar-refractivity contribution in [2.75, 3.05) is 18.0 Å². The molecule has 2 aliphatic heterocycles. The highest BCUT2D eigenvalue weighted by Gasteiger charge is 2.54. The van der Waals surface area contributed by atoms with E-state index in [0.717, 1.165) is 22.8 Å². The molecular weight excluding hydrogens is 468 g/mol. The number of carboxylic acid groups (broad SMARTS) is 1. The van der Waals surface area contributed by atoms with E-state index in [1.165, 1.54) is 23.5 Å². The van der Waals surface area contributed by atoms with Gasteiger partial charge in [0.05, 0.1) is 12.9 Å². The fourth-order valence-electron chi connectivity index (χ4n) is 2.71. The van der Waals surface area contributed by atoms with Crippen LogP contribution in [0.2, 0.25) is 0 Å². The second kappa shape index (κ2) is 9.80. The SMILES string of the molecule is NC=NC/C=C\SC1=C(C(=O)O)N2C(=O)C(NC(=O)/C(=N\O)c3nsc(N)n3)[C@H]2SC1. The van der Waals surface area contributed by atoms with E-state index in [1.807, 2.05) is 0 Å². The molecule has 1 unspecified atom stereocenters. The number of fused-ring (bicyclic) bond motifs is 1. The van der Waals surface area contributed by atoms with Crippen LogP contribution in [0.5, 0.6) is 0 Å². The Hall–Kier alpha value is -3.11. The minimum atomic E-state index is -1.25. The number of aromatic nitrogens is 2. The minimum Gasteiger partial charge on any atom is -0.477 e. The van der Waals surface area contributed by atoms with Crippen molar-refractivity contribution in [3.8, 4) is 0 Å². The Morgan fingerprint density at radius 1 is 1.45 bits per heavy atom. The number of aliphatic imine (C=N–C) groups is 1. The number of thioether (sulfide) groups is 2. The highest BCUT2D eigenvalue weighted by Crippen LogP contribution is 2.43. The number of β-lactam (4-membered cyclic amide) rings is 1. The van der Waals surface area contributed by atoms with E-state index in [0.29, 0.717) is 17.2 Å². The number of anilines is 1. The first-order valence-electron chi connectivity index (χ1n) is 8.44. The zero-order valence-electron chi connectivity index (χ0n) is 15.5. The Labute approximate surface area is 187 Å². The van der Waals surface area contributed by atoms with E-state index in [-0.39, 0.29) is 16.7 Å². The van der Waals surface area contributed by atoms with Gasteiger partial charge in [0.25, 0.3) is 11.8 Å². The van der Waals surface area contributed by atoms with Gasteiger partial charge in [-0.1, -0.05) is 23.0 Å². The van der Waals surface area contributed by atoms with Crippen LogP contribution < -0.4 is 16.8 Å². The summed E-state index contributed by atoms with van der Waals surface area (Å²) >= 11 is 3.28. The van der Waals surface area contributed by atoms with Gasteiger partial charge in [-0.2, -0.15) is 9.36 Å². The number of rotatable bonds is 8. The zero-order valence-corrected chi connectivity index (χ0v) is 18.0. The average molecular weight is 485 g/mol. The molecule has 13 nitrogen and oxygen atoms in total. The van der Waals surface area contributed by atoms with Gasteiger partial charge >= 0.3 is 5.97 Å². The summed E-state index contributed by atoms with van der Waals surface area (Å²) in [6.07, 6.45) is 2.87. The fraction of sp³-hybridized carbons (Fsp3) is 0.267. The smallest absolute Gasteiger partial charge is 0.353 e. The summed E-state index contributed by atoms with van der Waals surface area (Å²) in [7, 11) is 0.